The standard InChI is InChI=1S/C22H21N6O.Al/c1-14-6-5-7-15-10-17(12-25-21-18(11-23)20(24)26-13-27-21)28(22(29)19(14)15)16-8-3-2-4-9-16;/h2-9,13,17,23H,10,12H2,1H3,(H3,24,25,26,27);. The van der Waals surface area contributed by atoms with Gasteiger partial charge in [-0.15, -0.1) is 0 Å². The summed E-state index contributed by atoms with van der Waals surface area (Å²) in [4.78, 5) is 23.6. The molecular formula is C22H21AlN6O. The van der Waals surface area contributed by atoms with Crippen molar-refractivity contribution in [3.8, 4) is 0 Å². The topological polar surface area (TPSA) is 108 Å². The Hall–Kier alpha value is -3.21. The molecule has 1 unspecified atom stereocenters. The molecule has 0 bridgehead atoms. The number of carbonyl (C=O) groups is 1. The molecule has 1 atom stereocenters. The predicted molar refractivity (Wildman–Crippen MR) is 119 cm³/mol. The number of aromatic nitrogens is 2. The molecule has 148 valence electrons. The highest BCUT2D eigenvalue weighted by Crippen LogP contribution is 2.30. The van der Waals surface area contributed by atoms with Crippen molar-refractivity contribution < 1.29 is 4.79 Å². The molecular weight excluding hydrogens is 391 g/mol. The van der Waals surface area contributed by atoms with Crippen LogP contribution in [0.4, 0.5) is 17.3 Å². The van der Waals surface area contributed by atoms with Gasteiger partial charge in [0.25, 0.3) is 5.91 Å². The van der Waals surface area contributed by atoms with Crippen LogP contribution in [0.2, 0.25) is 0 Å². The molecule has 7 nitrogen and oxygen atoms in total. The van der Waals surface area contributed by atoms with Gasteiger partial charge in [0.05, 0.1) is 11.6 Å². The van der Waals surface area contributed by atoms with Gasteiger partial charge in [0.2, 0.25) is 16.3 Å². The van der Waals surface area contributed by atoms with Gasteiger partial charge < -0.3 is 21.4 Å². The quantitative estimate of drug-likeness (QED) is 0.441. The highest BCUT2D eigenvalue weighted by Gasteiger charge is 2.34. The minimum atomic E-state index is -0.128. The number of benzene rings is 2. The number of nitrogens with two attached hydrogens (primary N) is 1. The summed E-state index contributed by atoms with van der Waals surface area (Å²) < 4.78 is 0.205. The van der Waals surface area contributed by atoms with Crippen LogP contribution in [0.1, 0.15) is 27.0 Å². The van der Waals surface area contributed by atoms with Gasteiger partial charge in [-0.05, 0) is 36.6 Å². The summed E-state index contributed by atoms with van der Waals surface area (Å²) in [7, 11) is 0. The number of carbonyl (C=O) groups excluding carboxylic acids is 1. The number of hydrogen-bond acceptors (Lipinski definition) is 6. The molecule has 0 saturated heterocycles. The van der Waals surface area contributed by atoms with Gasteiger partial charge in [0.1, 0.15) is 18.0 Å². The molecule has 2 heterocycles. The highest BCUT2D eigenvalue weighted by molar-refractivity contribution is 6.64. The molecule has 0 aliphatic carbocycles. The molecule has 0 saturated carbocycles. The molecule has 0 spiro atoms. The van der Waals surface area contributed by atoms with Crippen LogP contribution in [0, 0.1) is 12.3 Å². The van der Waals surface area contributed by atoms with Crippen molar-refractivity contribution in [3.63, 3.8) is 0 Å². The molecule has 0 fully saturated rings. The Bertz CT molecular complexity index is 1120. The first-order chi connectivity index (χ1) is 14.5. The Morgan fingerprint density at radius 1 is 1.23 bits per heavy atom. The molecule has 30 heavy (non-hydrogen) atoms. The van der Waals surface area contributed by atoms with Crippen LogP contribution in [0.3, 0.4) is 0 Å². The number of aryl methyl sites for hydroxylation is 1. The Kier molecular flexibility index (Phi) is 5.53. The Balaban J connectivity index is 1.70. The number of amides is 1. The minimum Gasteiger partial charge on any atom is -0.383 e. The first-order valence-electron chi connectivity index (χ1n) is 9.63. The smallest absolute Gasteiger partial charge is 0.259 e. The van der Waals surface area contributed by atoms with Gasteiger partial charge in [-0.25, -0.2) is 9.97 Å². The number of fused-ring (bicyclic) bond motifs is 1. The Morgan fingerprint density at radius 3 is 2.73 bits per heavy atom. The SMILES string of the molecule is Cc1cccc2c1C(=O)N(c1ccccc1)C(CNc1ncnc(N)c1[C](=N)[Al])C2. The average Bonchev–Trinajstić information content (AvgIpc) is 2.72. The number of anilines is 3. The van der Waals surface area contributed by atoms with Crippen LogP contribution < -0.4 is 16.0 Å². The lowest BCUT2D eigenvalue weighted by Gasteiger charge is -2.37. The summed E-state index contributed by atoms with van der Waals surface area (Å²) in [5.41, 5.74) is 10.0. The van der Waals surface area contributed by atoms with E-state index in [1.165, 1.54) is 6.33 Å². The maximum absolute atomic E-state index is 13.5. The molecule has 1 aliphatic rings. The summed E-state index contributed by atoms with van der Waals surface area (Å²) in [6, 6.07) is 15.5. The van der Waals surface area contributed by atoms with Crippen molar-refractivity contribution in [1.82, 2.24) is 9.97 Å². The van der Waals surface area contributed by atoms with Crippen molar-refractivity contribution in [2.45, 2.75) is 19.4 Å². The second-order valence-electron chi connectivity index (χ2n) is 7.25. The van der Waals surface area contributed by atoms with Crippen molar-refractivity contribution in [2.75, 3.05) is 22.5 Å². The van der Waals surface area contributed by atoms with Crippen LogP contribution in [0.25, 0.3) is 0 Å². The van der Waals surface area contributed by atoms with Crippen molar-refractivity contribution >= 4 is 44.1 Å². The lowest BCUT2D eigenvalue weighted by Crippen LogP contribution is -2.49. The van der Waals surface area contributed by atoms with Crippen LogP contribution in [-0.4, -0.2) is 49.3 Å². The van der Waals surface area contributed by atoms with Crippen LogP contribution in [-0.2, 0) is 6.42 Å². The summed E-state index contributed by atoms with van der Waals surface area (Å²) in [5.74, 6) is 0.722. The van der Waals surface area contributed by atoms with Crippen molar-refractivity contribution in [1.29, 1.82) is 5.41 Å². The number of nitrogens with zero attached hydrogens (tertiary/aromatic N) is 3. The van der Waals surface area contributed by atoms with Gasteiger partial charge >= 0.3 is 0 Å². The van der Waals surface area contributed by atoms with E-state index in [2.05, 4.69) is 31.6 Å². The lowest BCUT2D eigenvalue weighted by atomic mass is 9.90. The fraction of sp³-hybridized carbons (Fsp3) is 0.182. The largest absolute Gasteiger partial charge is 0.383 e. The van der Waals surface area contributed by atoms with E-state index in [4.69, 9.17) is 11.1 Å². The maximum atomic E-state index is 13.5. The second kappa shape index (κ2) is 8.27. The van der Waals surface area contributed by atoms with Gasteiger partial charge in [-0.2, -0.15) is 0 Å². The van der Waals surface area contributed by atoms with Gasteiger partial charge in [0, 0.05) is 17.8 Å². The highest BCUT2D eigenvalue weighted by atomic mass is 27.0. The fourth-order valence-electron chi connectivity index (χ4n) is 3.93. The third-order valence-electron chi connectivity index (χ3n) is 5.30. The zero-order valence-electron chi connectivity index (χ0n) is 16.6. The number of hydrogen-bond donors (Lipinski definition) is 3. The molecule has 4 N–H and O–H groups in total. The van der Waals surface area contributed by atoms with Crippen LogP contribution >= 0.6 is 0 Å². The molecule has 1 amide bonds. The summed E-state index contributed by atoms with van der Waals surface area (Å²) in [5, 5.41) is 11.3. The molecule has 4 rings (SSSR count). The lowest BCUT2D eigenvalue weighted by molar-refractivity contribution is 0.0968. The van der Waals surface area contributed by atoms with Gasteiger partial charge in [0.15, 0.2) is 0 Å². The van der Waals surface area contributed by atoms with E-state index < -0.39 is 0 Å². The van der Waals surface area contributed by atoms with E-state index in [-0.39, 0.29) is 22.3 Å². The second-order valence-corrected chi connectivity index (χ2v) is 7.83. The van der Waals surface area contributed by atoms with Gasteiger partial charge in [-0.3, -0.25) is 4.79 Å². The van der Waals surface area contributed by atoms with Gasteiger partial charge in [-0.1, -0.05) is 41.0 Å². The molecule has 1 aliphatic heterocycles. The van der Waals surface area contributed by atoms with Crippen LogP contribution in [0.5, 0.6) is 0 Å². The first-order valence-corrected chi connectivity index (χ1v) is 10.2. The van der Waals surface area contributed by atoms with E-state index in [1.54, 1.807) is 0 Å². The fourth-order valence-corrected chi connectivity index (χ4v) is 4.21. The predicted octanol–water partition coefficient (Wildman–Crippen LogP) is 2.54. The zero-order valence-corrected chi connectivity index (χ0v) is 17.7. The third kappa shape index (κ3) is 3.68. The van der Waals surface area contributed by atoms with Crippen molar-refractivity contribution in [3.05, 3.63) is 77.1 Å². The number of rotatable bonds is 5. The molecule has 1 aromatic heterocycles. The average molecular weight is 412 g/mol. The van der Waals surface area contributed by atoms with E-state index >= 15 is 0 Å². The summed E-state index contributed by atoms with van der Waals surface area (Å²) in [6.45, 7) is 2.42. The van der Waals surface area contributed by atoms with Crippen LogP contribution in [0.15, 0.2) is 54.9 Å². The normalized spacial score (nSPS) is 15.6. The Morgan fingerprint density at radius 2 is 2.00 bits per heavy atom. The maximum Gasteiger partial charge on any atom is 0.259 e. The number of para-hydroxylation sites is 1. The number of nitrogens with one attached hydrogen (secondary N) is 2. The monoisotopic (exact) mass is 412 g/mol. The summed E-state index contributed by atoms with van der Waals surface area (Å²) >= 11 is 2.32. The molecule has 3 aromatic rings. The third-order valence-corrected chi connectivity index (χ3v) is 5.59. The molecule has 2 aromatic carbocycles. The minimum absolute atomic E-state index is 0.00596. The molecule has 8 heteroatoms. The zero-order chi connectivity index (χ0) is 21.3. The summed E-state index contributed by atoms with van der Waals surface area (Å²) in [6.07, 6.45) is 2.08. The Labute approximate surface area is 183 Å². The van der Waals surface area contributed by atoms with E-state index in [1.807, 2.05) is 60.4 Å². The van der Waals surface area contributed by atoms with E-state index in [9.17, 15) is 4.79 Å². The first kappa shape index (κ1) is 20.1. The van der Waals surface area contributed by atoms with E-state index in [0.29, 0.717) is 24.3 Å². The number of nitrogen functional groups attached to an aromatic ring is 1. The molecule has 2 radical (unpaired) electrons. The van der Waals surface area contributed by atoms with Crippen molar-refractivity contribution in [2.24, 2.45) is 0 Å². The van der Waals surface area contributed by atoms with E-state index in [0.717, 1.165) is 22.4 Å².